The zero-order chi connectivity index (χ0) is 13.8. The van der Waals surface area contributed by atoms with Crippen LogP contribution in [0.25, 0.3) is 0 Å². The Bertz CT molecular complexity index is 587. The first-order valence-electron chi connectivity index (χ1n) is 5.90. The van der Waals surface area contributed by atoms with Crippen LogP contribution in [0.2, 0.25) is 0 Å². The first kappa shape index (κ1) is 12.9. The summed E-state index contributed by atoms with van der Waals surface area (Å²) in [6.45, 7) is 0. The molecule has 0 fully saturated rings. The van der Waals surface area contributed by atoms with Crippen LogP contribution < -0.4 is 16.4 Å². The Kier molecular flexibility index (Phi) is 3.66. The third-order valence-electron chi connectivity index (χ3n) is 2.69. The van der Waals surface area contributed by atoms with Crippen molar-refractivity contribution in [1.82, 2.24) is 0 Å². The van der Waals surface area contributed by atoms with Gasteiger partial charge in [-0.05, 0) is 42.5 Å². The molecule has 0 saturated heterocycles. The molecule has 5 nitrogen and oxygen atoms in total. The van der Waals surface area contributed by atoms with E-state index in [1.54, 1.807) is 18.2 Å². The van der Waals surface area contributed by atoms with E-state index in [1.807, 2.05) is 43.3 Å². The number of anilines is 3. The van der Waals surface area contributed by atoms with Crippen molar-refractivity contribution in [2.45, 2.75) is 0 Å². The van der Waals surface area contributed by atoms with Crippen LogP contribution in [0.3, 0.4) is 0 Å². The van der Waals surface area contributed by atoms with Crippen molar-refractivity contribution in [1.29, 1.82) is 0 Å². The highest BCUT2D eigenvalue weighted by Gasteiger charge is 1.99. The predicted molar refractivity (Wildman–Crippen MR) is 80.2 cm³/mol. The van der Waals surface area contributed by atoms with Crippen molar-refractivity contribution >= 4 is 28.4 Å². The minimum absolute atomic E-state index is 0.558. The summed E-state index contributed by atoms with van der Waals surface area (Å²) in [5.74, 6) is 0. The second-order valence-corrected chi connectivity index (χ2v) is 4.43. The number of nitrogens with zero attached hydrogens (tertiary/aromatic N) is 3. The standard InChI is InChI=1S/C14H17N5/c1-19(2)12-6-4-11(5-7-12)17-18-14-9-10(15)3-8-13(14)16/h3-9H,15-16H2,1-2H3. The predicted octanol–water partition coefficient (Wildman–Crippen LogP) is 3.33. The largest absolute Gasteiger partial charge is 0.399 e. The lowest BCUT2D eigenvalue weighted by Gasteiger charge is -2.11. The van der Waals surface area contributed by atoms with Crippen molar-refractivity contribution in [3.63, 3.8) is 0 Å². The summed E-state index contributed by atoms with van der Waals surface area (Å²) in [4.78, 5) is 2.02. The highest BCUT2D eigenvalue weighted by Crippen LogP contribution is 2.27. The van der Waals surface area contributed by atoms with Crippen molar-refractivity contribution in [2.24, 2.45) is 10.2 Å². The minimum Gasteiger partial charge on any atom is -0.399 e. The maximum Gasteiger partial charge on any atom is 0.111 e. The van der Waals surface area contributed by atoms with Gasteiger partial charge in [-0.1, -0.05) is 0 Å². The summed E-state index contributed by atoms with van der Waals surface area (Å²) in [6, 6.07) is 12.9. The molecule has 5 heteroatoms. The van der Waals surface area contributed by atoms with Gasteiger partial charge in [0.1, 0.15) is 5.69 Å². The van der Waals surface area contributed by atoms with Crippen LogP contribution >= 0.6 is 0 Å². The van der Waals surface area contributed by atoms with Crippen LogP contribution in [-0.4, -0.2) is 14.1 Å². The topological polar surface area (TPSA) is 80.0 Å². The second kappa shape index (κ2) is 5.39. The van der Waals surface area contributed by atoms with E-state index < -0.39 is 0 Å². The van der Waals surface area contributed by atoms with Crippen LogP contribution in [0.1, 0.15) is 0 Å². The molecule has 4 N–H and O–H groups in total. The molecule has 0 saturated carbocycles. The number of rotatable bonds is 3. The van der Waals surface area contributed by atoms with Gasteiger partial charge >= 0.3 is 0 Å². The zero-order valence-corrected chi connectivity index (χ0v) is 11.0. The van der Waals surface area contributed by atoms with Gasteiger partial charge in [0.2, 0.25) is 0 Å². The molecule has 0 heterocycles. The Hall–Kier alpha value is -2.56. The monoisotopic (exact) mass is 255 g/mol. The number of benzene rings is 2. The molecule has 0 aliphatic rings. The van der Waals surface area contributed by atoms with Gasteiger partial charge in [-0.2, -0.15) is 5.11 Å². The molecule has 0 bridgehead atoms. The summed E-state index contributed by atoms with van der Waals surface area (Å²) in [6.07, 6.45) is 0. The normalized spacial score (nSPS) is 10.8. The number of hydrogen-bond donors (Lipinski definition) is 2. The molecule has 0 spiro atoms. The van der Waals surface area contributed by atoms with E-state index >= 15 is 0 Å². The van der Waals surface area contributed by atoms with Crippen LogP contribution in [0, 0.1) is 0 Å². The van der Waals surface area contributed by atoms with Gasteiger partial charge < -0.3 is 16.4 Å². The van der Waals surface area contributed by atoms with Crippen molar-refractivity contribution in [3.8, 4) is 0 Å². The lowest BCUT2D eigenvalue weighted by atomic mass is 10.2. The summed E-state index contributed by atoms with van der Waals surface area (Å²) >= 11 is 0. The third kappa shape index (κ3) is 3.22. The quantitative estimate of drug-likeness (QED) is 0.652. The molecule has 98 valence electrons. The van der Waals surface area contributed by atoms with Crippen LogP contribution in [-0.2, 0) is 0 Å². The molecule has 2 aromatic carbocycles. The van der Waals surface area contributed by atoms with Crippen molar-refractivity contribution < 1.29 is 0 Å². The Morgan fingerprint density at radius 2 is 1.58 bits per heavy atom. The summed E-state index contributed by atoms with van der Waals surface area (Å²) in [5, 5.41) is 8.27. The fourth-order valence-corrected chi connectivity index (χ4v) is 1.58. The van der Waals surface area contributed by atoms with Crippen LogP contribution in [0.15, 0.2) is 52.7 Å². The maximum absolute atomic E-state index is 5.80. The van der Waals surface area contributed by atoms with E-state index in [2.05, 4.69) is 10.2 Å². The summed E-state index contributed by atoms with van der Waals surface area (Å²) in [5.41, 5.74) is 15.1. The Morgan fingerprint density at radius 3 is 2.21 bits per heavy atom. The van der Waals surface area contributed by atoms with E-state index in [1.165, 1.54) is 0 Å². The molecule has 0 aromatic heterocycles. The minimum atomic E-state index is 0.558. The zero-order valence-electron chi connectivity index (χ0n) is 11.0. The molecule has 0 radical (unpaired) electrons. The Morgan fingerprint density at radius 1 is 0.895 bits per heavy atom. The van der Waals surface area contributed by atoms with Crippen LogP contribution in [0.4, 0.5) is 28.4 Å². The number of nitrogen functional groups attached to an aromatic ring is 2. The fourth-order valence-electron chi connectivity index (χ4n) is 1.58. The van der Waals surface area contributed by atoms with Gasteiger partial charge in [-0.3, -0.25) is 0 Å². The smallest absolute Gasteiger partial charge is 0.111 e. The average molecular weight is 255 g/mol. The highest BCUT2D eigenvalue weighted by molar-refractivity contribution is 5.67. The van der Waals surface area contributed by atoms with Crippen molar-refractivity contribution in [2.75, 3.05) is 30.5 Å². The Balaban J connectivity index is 2.20. The van der Waals surface area contributed by atoms with Gasteiger partial charge in [-0.15, -0.1) is 5.11 Å². The van der Waals surface area contributed by atoms with Gasteiger partial charge in [0.25, 0.3) is 0 Å². The molecule has 0 aliphatic carbocycles. The van der Waals surface area contributed by atoms with Gasteiger partial charge in [0, 0.05) is 25.5 Å². The molecule has 0 aliphatic heterocycles. The van der Waals surface area contributed by atoms with E-state index in [-0.39, 0.29) is 0 Å². The molecular formula is C14H17N5. The number of azo groups is 1. The van der Waals surface area contributed by atoms with E-state index in [0.717, 1.165) is 11.4 Å². The number of hydrogen-bond acceptors (Lipinski definition) is 5. The molecule has 0 amide bonds. The van der Waals surface area contributed by atoms with Gasteiger partial charge in [0.05, 0.1) is 11.4 Å². The molecule has 0 unspecified atom stereocenters. The van der Waals surface area contributed by atoms with E-state index in [0.29, 0.717) is 17.1 Å². The van der Waals surface area contributed by atoms with E-state index in [4.69, 9.17) is 11.5 Å². The molecule has 0 atom stereocenters. The number of nitrogens with two attached hydrogens (primary N) is 2. The second-order valence-electron chi connectivity index (χ2n) is 4.43. The lowest BCUT2D eigenvalue weighted by molar-refractivity contribution is 1.13. The third-order valence-corrected chi connectivity index (χ3v) is 2.69. The molecule has 2 aromatic rings. The summed E-state index contributed by atoms with van der Waals surface area (Å²) in [7, 11) is 3.98. The van der Waals surface area contributed by atoms with Crippen LogP contribution in [0.5, 0.6) is 0 Å². The van der Waals surface area contributed by atoms with Gasteiger partial charge in [-0.25, -0.2) is 0 Å². The van der Waals surface area contributed by atoms with Gasteiger partial charge in [0.15, 0.2) is 0 Å². The fraction of sp³-hybridized carbons (Fsp3) is 0.143. The first-order valence-corrected chi connectivity index (χ1v) is 5.90. The highest BCUT2D eigenvalue weighted by atomic mass is 15.1. The lowest BCUT2D eigenvalue weighted by Crippen LogP contribution is -2.07. The molecule has 2 rings (SSSR count). The van der Waals surface area contributed by atoms with E-state index in [9.17, 15) is 0 Å². The molecule has 19 heavy (non-hydrogen) atoms. The summed E-state index contributed by atoms with van der Waals surface area (Å²) < 4.78 is 0. The maximum atomic E-state index is 5.80. The first-order chi connectivity index (χ1) is 9.06. The Labute approximate surface area is 112 Å². The van der Waals surface area contributed by atoms with Crippen molar-refractivity contribution in [3.05, 3.63) is 42.5 Å². The SMILES string of the molecule is CN(C)c1ccc(N=Nc2cc(N)ccc2N)cc1. The average Bonchev–Trinajstić information content (AvgIpc) is 2.40. The molecular weight excluding hydrogens is 238 g/mol.